The van der Waals surface area contributed by atoms with E-state index in [-0.39, 0.29) is 78.7 Å². The van der Waals surface area contributed by atoms with Gasteiger partial charge in [0.1, 0.15) is 17.8 Å². The summed E-state index contributed by atoms with van der Waals surface area (Å²) in [6.07, 6.45) is 0.986. The Bertz CT molecular complexity index is 1040. The van der Waals surface area contributed by atoms with E-state index in [1.165, 1.54) is 0 Å². The van der Waals surface area contributed by atoms with Crippen molar-refractivity contribution >= 4 is 18.1 Å². The maximum absolute atomic E-state index is 13.1. The van der Waals surface area contributed by atoms with Crippen LogP contribution in [0.1, 0.15) is 87.0 Å². The molecule has 0 aromatic heterocycles. The molecule has 0 radical (unpaired) electrons. The fourth-order valence-corrected chi connectivity index (χ4v) is 7.66. The third-order valence-corrected chi connectivity index (χ3v) is 11.4. The number of hydrogen-bond donors (Lipinski definition) is 0. The third kappa shape index (κ3) is 7.31. The third-order valence-electron chi connectivity index (χ3n) is 11.4. The molecule has 0 spiro atoms. The molecule has 4 saturated heterocycles. The van der Waals surface area contributed by atoms with Crippen molar-refractivity contribution < 1.29 is 52.3 Å². The lowest BCUT2D eigenvalue weighted by Crippen LogP contribution is -2.46. The molecule has 11 atom stereocenters. The van der Waals surface area contributed by atoms with Gasteiger partial charge in [0.15, 0.2) is 12.2 Å². The van der Waals surface area contributed by atoms with Crippen LogP contribution in [0.25, 0.3) is 0 Å². The maximum Gasteiger partial charge on any atom is 0.509 e. The first-order chi connectivity index (χ1) is 21.4. The van der Waals surface area contributed by atoms with Crippen molar-refractivity contribution in [2.24, 2.45) is 35.5 Å². The van der Waals surface area contributed by atoms with Crippen molar-refractivity contribution in [2.45, 2.75) is 135 Å². The molecule has 4 heterocycles. The highest BCUT2D eigenvalue weighted by atomic mass is 16.8. The zero-order valence-electron chi connectivity index (χ0n) is 28.1. The second-order valence-corrected chi connectivity index (χ2v) is 14.4. The van der Waals surface area contributed by atoms with E-state index in [2.05, 4.69) is 13.8 Å². The molecule has 11 unspecified atom stereocenters. The Kier molecular flexibility index (Phi) is 11.0. The van der Waals surface area contributed by atoms with Gasteiger partial charge in [-0.25, -0.2) is 4.79 Å². The van der Waals surface area contributed by atoms with Gasteiger partial charge in [0.05, 0.1) is 56.6 Å². The van der Waals surface area contributed by atoms with E-state index < -0.39 is 24.0 Å². The standard InChI is InChI=1S/C34H54O11/c1-8-19(5)42-31(35)21-10-12-22(13-11-21)32(36)43-25-16-41-28-24(15-39-29(25)28)20(6)34(7,9-2)45-33(37)44-26-17-40-27-23(18(3)4)14-38-30(26)27/h18-30H,8-17H2,1-7H3. The van der Waals surface area contributed by atoms with Crippen molar-refractivity contribution in [2.75, 3.05) is 26.4 Å². The number of ether oxygens (including phenoxy) is 8. The normalized spacial score (nSPS) is 38.6. The number of carbonyl (C=O) groups excluding carboxylic acids is 3. The summed E-state index contributed by atoms with van der Waals surface area (Å²) >= 11 is 0. The first-order valence-corrected chi connectivity index (χ1v) is 17.2. The van der Waals surface area contributed by atoms with Gasteiger partial charge in [-0.2, -0.15) is 0 Å². The van der Waals surface area contributed by atoms with Gasteiger partial charge in [-0.15, -0.1) is 0 Å². The van der Waals surface area contributed by atoms with Crippen molar-refractivity contribution in [1.29, 1.82) is 0 Å². The number of rotatable bonds is 11. The molecule has 5 fully saturated rings. The molecule has 0 aromatic carbocycles. The average molecular weight is 639 g/mol. The van der Waals surface area contributed by atoms with E-state index in [9.17, 15) is 14.4 Å². The monoisotopic (exact) mass is 638 g/mol. The zero-order valence-corrected chi connectivity index (χ0v) is 28.1. The summed E-state index contributed by atoms with van der Waals surface area (Å²) in [5.41, 5.74) is -0.831. The van der Waals surface area contributed by atoms with Crippen LogP contribution in [0.4, 0.5) is 4.79 Å². The highest BCUT2D eigenvalue weighted by molar-refractivity contribution is 5.75. The SMILES string of the molecule is CCC(C)OC(=O)C1CCC(C(=O)OC2COC3C(C(C)C(C)(CC)OC(=O)OC4COC5C(C(C)C)COC45)COC23)CC1. The average Bonchev–Trinajstić information content (AvgIpc) is 3.80. The van der Waals surface area contributed by atoms with Gasteiger partial charge in [0.2, 0.25) is 0 Å². The molecule has 0 amide bonds. The summed E-state index contributed by atoms with van der Waals surface area (Å²) in [5.74, 6) is -0.313. The first-order valence-electron chi connectivity index (χ1n) is 17.2. The Morgan fingerprint density at radius 3 is 1.78 bits per heavy atom. The molecule has 4 aliphatic heterocycles. The Balaban J connectivity index is 1.10. The van der Waals surface area contributed by atoms with E-state index in [1.54, 1.807) is 0 Å². The topological polar surface area (TPSA) is 125 Å². The molecule has 5 aliphatic rings. The Hall–Kier alpha value is -1.95. The van der Waals surface area contributed by atoms with Crippen LogP contribution in [0.15, 0.2) is 0 Å². The fraction of sp³-hybridized carbons (Fsp3) is 0.912. The van der Waals surface area contributed by atoms with Crippen LogP contribution < -0.4 is 0 Å². The molecule has 0 N–H and O–H groups in total. The smallest absolute Gasteiger partial charge is 0.462 e. The summed E-state index contributed by atoms with van der Waals surface area (Å²) in [5, 5.41) is 0. The molecular weight excluding hydrogens is 584 g/mol. The highest BCUT2D eigenvalue weighted by Gasteiger charge is 2.55. The van der Waals surface area contributed by atoms with Crippen LogP contribution in [0.2, 0.25) is 0 Å². The number of carbonyl (C=O) groups is 3. The number of fused-ring (bicyclic) bond motifs is 2. The quantitative estimate of drug-likeness (QED) is 0.228. The summed E-state index contributed by atoms with van der Waals surface area (Å²) in [6, 6.07) is 0. The van der Waals surface area contributed by atoms with E-state index >= 15 is 0 Å². The fourth-order valence-electron chi connectivity index (χ4n) is 7.66. The van der Waals surface area contributed by atoms with Crippen molar-refractivity contribution in [3.05, 3.63) is 0 Å². The molecular formula is C34H54O11. The summed E-state index contributed by atoms with van der Waals surface area (Å²) in [7, 11) is 0. The lowest BCUT2D eigenvalue weighted by molar-refractivity contribution is -0.163. The van der Waals surface area contributed by atoms with Gasteiger partial charge in [-0.3, -0.25) is 9.59 Å². The molecule has 256 valence electrons. The van der Waals surface area contributed by atoms with Crippen molar-refractivity contribution in [3.63, 3.8) is 0 Å². The zero-order chi connectivity index (χ0) is 32.5. The van der Waals surface area contributed by atoms with Gasteiger partial charge >= 0.3 is 18.1 Å². The number of esters is 2. The van der Waals surface area contributed by atoms with Crippen LogP contribution in [0.5, 0.6) is 0 Å². The Morgan fingerprint density at radius 2 is 1.22 bits per heavy atom. The minimum atomic E-state index is -0.831. The van der Waals surface area contributed by atoms with Gasteiger partial charge in [-0.1, -0.05) is 34.6 Å². The van der Waals surface area contributed by atoms with E-state index in [0.29, 0.717) is 57.8 Å². The number of hydrogen-bond acceptors (Lipinski definition) is 11. The van der Waals surface area contributed by atoms with E-state index in [0.717, 1.165) is 6.42 Å². The Morgan fingerprint density at radius 1 is 0.711 bits per heavy atom. The second kappa shape index (κ2) is 14.4. The summed E-state index contributed by atoms with van der Waals surface area (Å²) in [4.78, 5) is 38.6. The van der Waals surface area contributed by atoms with Crippen molar-refractivity contribution in [1.82, 2.24) is 0 Å². The van der Waals surface area contributed by atoms with Crippen LogP contribution in [0.3, 0.4) is 0 Å². The molecule has 0 aromatic rings. The minimum Gasteiger partial charge on any atom is -0.462 e. The second-order valence-electron chi connectivity index (χ2n) is 14.4. The lowest BCUT2D eigenvalue weighted by atomic mass is 9.76. The summed E-state index contributed by atoms with van der Waals surface area (Å²) in [6.45, 7) is 15.7. The van der Waals surface area contributed by atoms with Crippen molar-refractivity contribution in [3.8, 4) is 0 Å². The molecule has 11 nitrogen and oxygen atoms in total. The van der Waals surface area contributed by atoms with Crippen LogP contribution >= 0.6 is 0 Å². The first kappa shape index (κ1) is 34.4. The molecule has 11 heteroatoms. The highest BCUT2D eigenvalue weighted by Crippen LogP contribution is 2.43. The van der Waals surface area contributed by atoms with Gasteiger partial charge in [-0.05, 0) is 58.3 Å². The van der Waals surface area contributed by atoms with Crippen LogP contribution in [-0.4, -0.2) is 92.9 Å². The van der Waals surface area contributed by atoms with E-state index in [4.69, 9.17) is 37.9 Å². The Labute approximate surface area is 267 Å². The maximum atomic E-state index is 13.1. The molecule has 1 saturated carbocycles. The predicted octanol–water partition coefficient (Wildman–Crippen LogP) is 4.86. The molecule has 1 aliphatic carbocycles. The molecule has 5 rings (SSSR count). The van der Waals surface area contributed by atoms with Gasteiger partial charge in [0.25, 0.3) is 0 Å². The van der Waals surface area contributed by atoms with Crippen LogP contribution in [0, 0.1) is 35.5 Å². The molecule has 45 heavy (non-hydrogen) atoms. The minimum absolute atomic E-state index is 0.0624. The van der Waals surface area contributed by atoms with Gasteiger partial charge in [0, 0.05) is 17.8 Å². The van der Waals surface area contributed by atoms with Gasteiger partial charge < -0.3 is 37.9 Å². The summed E-state index contributed by atoms with van der Waals surface area (Å²) < 4.78 is 47.5. The van der Waals surface area contributed by atoms with E-state index in [1.807, 2.05) is 34.6 Å². The van der Waals surface area contributed by atoms with Crippen LogP contribution in [-0.2, 0) is 47.5 Å². The molecule has 0 bridgehead atoms. The largest absolute Gasteiger partial charge is 0.509 e. The predicted molar refractivity (Wildman–Crippen MR) is 161 cm³/mol. The lowest BCUT2D eigenvalue weighted by Gasteiger charge is -2.38.